The molecule has 0 fully saturated rings. The number of carbonyl (C=O) groups is 2. The fourth-order valence-electron chi connectivity index (χ4n) is 4.34. The summed E-state index contributed by atoms with van der Waals surface area (Å²) in [5.74, 6) is -0.0432. The van der Waals surface area contributed by atoms with Crippen LogP contribution in [0.5, 0.6) is 0 Å². The molecule has 1 N–H and O–H groups in total. The third-order valence-corrected chi connectivity index (χ3v) is 6.15. The Bertz CT molecular complexity index is 1200. The molecule has 0 aromatic heterocycles. The number of hydrogen-bond acceptors (Lipinski definition) is 3. The van der Waals surface area contributed by atoms with E-state index in [1.165, 1.54) is 0 Å². The monoisotopic (exact) mass is 485 g/mol. The minimum absolute atomic E-state index is 0.0172. The van der Waals surface area contributed by atoms with Crippen molar-refractivity contribution in [1.29, 1.82) is 0 Å². The van der Waals surface area contributed by atoms with Gasteiger partial charge in [-0.1, -0.05) is 68.8 Å². The summed E-state index contributed by atoms with van der Waals surface area (Å²) in [6.07, 6.45) is 0.431. The summed E-state index contributed by atoms with van der Waals surface area (Å²) in [6.45, 7) is 10.6. The van der Waals surface area contributed by atoms with Crippen molar-refractivity contribution < 1.29 is 9.59 Å². The molecule has 0 bridgehead atoms. The maximum Gasteiger partial charge on any atom is 0.254 e. The van der Waals surface area contributed by atoms with E-state index < -0.39 is 0 Å². The van der Waals surface area contributed by atoms with Gasteiger partial charge in [0.05, 0.1) is 6.04 Å². The molecule has 36 heavy (non-hydrogen) atoms. The molecule has 0 aliphatic rings. The summed E-state index contributed by atoms with van der Waals surface area (Å²) in [5.41, 5.74) is 5.39. The summed E-state index contributed by atoms with van der Waals surface area (Å²) in [4.78, 5) is 30.4. The number of benzene rings is 3. The van der Waals surface area contributed by atoms with Crippen molar-refractivity contribution in [3.8, 4) is 0 Å². The third kappa shape index (κ3) is 7.20. The Morgan fingerprint density at radius 2 is 1.61 bits per heavy atom. The highest BCUT2D eigenvalue weighted by Crippen LogP contribution is 2.30. The Balaban J connectivity index is 2.00. The van der Waals surface area contributed by atoms with Crippen LogP contribution in [0.3, 0.4) is 0 Å². The lowest BCUT2D eigenvalue weighted by Gasteiger charge is -2.32. The Kier molecular flexibility index (Phi) is 8.57. The number of aryl methyl sites for hydroxylation is 1. The molecular weight excluding hydrogens is 446 g/mol. The molecule has 5 heteroatoms. The highest BCUT2D eigenvalue weighted by molar-refractivity contribution is 5.95. The number of nitrogens with one attached hydrogen (secondary N) is 1. The molecule has 0 spiro atoms. The Morgan fingerprint density at radius 3 is 2.22 bits per heavy atom. The molecule has 1 atom stereocenters. The van der Waals surface area contributed by atoms with Gasteiger partial charge >= 0.3 is 0 Å². The number of rotatable bonds is 8. The average Bonchev–Trinajstić information content (AvgIpc) is 2.81. The van der Waals surface area contributed by atoms with E-state index in [-0.39, 0.29) is 23.3 Å². The van der Waals surface area contributed by atoms with E-state index in [1.807, 2.05) is 112 Å². The topological polar surface area (TPSA) is 52.7 Å². The van der Waals surface area contributed by atoms with E-state index in [1.54, 1.807) is 0 Å². The van der Waals surface area contributed by atoms with Crippen molar-refractivity contribution in [2.75, 3.05) is 24.3 Å². The van der Waals surface area contributed by atoms with E-state index >= 15 is 0 Å². The Morgan fingerprint density at radius 1 is 0.917 bits per heavy atom. The third-order valence-electron chi connectivity index (χ3n) is 6.15. The van der Waals surface area contributed by atoms with Crippen LogP contribution in [0.1, 0.15) is 67.2 Å². The zero-order chi connectivity index (χ0) is 26.5. The van der Waals surface area contributed by atoms with Gasteiger partial charge in [0.15, 0.2) is 0 Å². The highest BCUT2D eigenvalue weighted by Gasteiger charge is 2.25. The van der Waals surface area contributed by atoms with Gasteiger partial charge in [0.2, 0.25) is 5.91 Å². The SMILES string of the molecule is Cc1cccc(C(=O)N(Cc2cc(NC(=O)CC(C)(C)C)ccc2N(C)C)[C@@H](C)c2ccccc2)c1. The molecule has 0 aliphatic heterocycles. The first kappa shape index (κ1) is 27.0. The average molecular weight is 486 g/mol. The predicted octanol–water partition coefficient (Wildman–Crippen LogP) is 6.84. The first-order chi connectivity index (χ1) is 16.9. The summed E-state index contributed by atoms with van der Waals surface area (Å²) in [6, 6.07) is 23.6. The molecule has 3 aromatic rings. The van der Waals surface area contributed by atoms with E-state index in [0.717, 1.165) is 28.1 Å². The van der Waals surface area contributed by atoms with Crippen LogP contribution in [0.25, 0.3) is 0 Å². The van der Waals surface area contributed by atoms with E-state index in [4.69, 9.17) is 0 Å². The number of nitrogens with zero attached hydrogens (tertiary/aromatic N) is 2. The first-order valence-corrected chi connectivity index (χ1v) is 12.5. The molecule has 0 aliphatic carbocycles. The Labute approximate surface area is 216 Å². The number of carbonyl (C=O) groups excluding carboxylic acids is 2. The molecule has 0 heterocycles. The maximum absolute atomic E-state index is 13.9. The van der Waals surface area contributed by atoms with Crippen molar-refractivity contribution in [2.24, 2.45) is 5.41 Å². The fourth-order valence-corrected chi connectivity index (χ4v) is 4.34. The van der Waals surface area contributed by atoms with Crippen molar-refractivity contribution in [3.63, 3.8) is 0 Å². The molecule has 2 amide bonds. The summed E-state index contributed by atoms with van der Waals surface area (Å²) >= 11 is 0. The van der Waals surface area contributed by atoms with Crippen LogP contribution >= 0.6 is 0 Å². The first-order valence-electron chi connectivity index (χ1n) is 12.5. The van der Waals surface area contributed by atoms with Gasteiger partial charge < -0.3 is 15.1 Å². The molecule has 0 saturated heterocycles. The zero-order valence-corrected chi connectivity index (χ0v) is 22.6. The van der Waals surface area contributed by atoms with E-state index in [9.17, 15) is 9.59 Å². The fraction of sp³-hybridized carbons (Fsp3) is 0.355. The van der Waals surface area contributed by atoms with E-state index in [0.29, 0.717) is 18.5 Å². The number of hydrogen-bond donors (Lipinski definition) is 1. The largest absolute Gasteiger partial charge is 0.377 e. The molecule has 190 valence electrons. The van der Waals surface area contributed by atoms with E-state index in [2.05, 4.69) is 24.4 Å². The molecule has 0 saturated carbocycles. The minimum atomic E-state index is -0.145. The molecule has 0 unspecified atom stereocenters. The van der Waals surface area contributed by atoms with Crippen molar-refractivity contribution in [2.45, 2.75) is 53.6 Å². The number of amides is 2. The highest BCUT2D eigenvalue weighted by atomic mass is 16.2. The van der Waals surface area contributed by atoms with Crippen molar-refractivity contribution in [3.05, 3.63) is 95.1 Å². The molecule has 5 nitrogen and oxygen atoms in total. The molecule has 3 aromatic carbocycles. The Hall–Kier alpha value is -3.60. The second-order valence-corrected chi connectivity index (χ2v) is 10.9. The molecule has 3 rings (SSSR count). The standard InChI is InChI=1S/C31H39N3O2/c1-22-12-11-15-25(18-22)30(36)34(23(2)24-13-9-8-10-14-24)21-26-19-27(16-17-28(26)33(6)7)32-29(35)20-31(3,4)5/h8-19,23H,20-21H2,1-7H3,(H,32,35)/t23-/m0/s1. The summed E-state index contributed by atoms with van der Waals surface area (Å²) < 4.78 is 0. The summed E-state index contributed by atoms with van der Waals surface area (Å²) in [5, 5.41) is 3.05. The van der Waals surface area contributed by atoms with Crippen molar-refractivity contribution in [1.82, 2.24) is 4.90 Å². The van der Waals surface area contributed by atoms with Crippen LogP contribution in [0.2, 0.25) is 0 Å². The van der Waals surface area contributed by atoms with Crippen molar-refractivity contribution >= 4 is 23.2 Å². The normalized spacial score (nSPS) is 12.1. The second kappa shape index (κ2) is 11.4. The minimum Gasteiger partial charge on any atom is -0.377 e. The molecule has 0 radical (unpaired) electrons. The van der Waals surface area contributed by atoms with Crippen LogP contribution in [0.15, 0.2) is 72.8 Å². The molecular formula is C31H39N3O2. The van der Waals surface area contributed by atoms with Gasteiger partial charge in [0, 0.05) is 44.0 Å². The quantitative estimate of drug-likeness (QED) is 0.380. The van der Waals surface area contributed by atoms with Crippen LogP contribution in [0, 0.1) is 12.3 Å². The second-order valence-electron chi connectivity index (χ2n) is 10.9. The van der Waals surface area contributed by atoms with Crippen LogP contribution in [-0.2, 0) is 11.3 Å². The van der Waals surface area contributed by atoms with Gasteiger partial charge in [0.1, 0.15) is 0 Å². The van der Waals surface area contributed by atoms with Crippen LogP contribution in [0.4, 0.5) is 11.4 Å². The lowest BCUT2D eigenvalue weighted by Crippen LogP contribution is -2.34. The van der Waals surface area contributed by atoms with Gasteiger partial charge in [-0.25, -0.2) is 0 Å². The van der Waals surface area contributed by atoms with Gasteiger partial charge in [-0.15, -0.1) is 0 Å². The lowest BCUT2D eigenvalue weighted by atomic mass is 9.92. The van der Waals surface area contributed by atoms with Gasteiger partial charge in [-0.2, -0.15) is 0 Å². The summed E-state index contributed by atoms with van der Waals surface area (Å²) in [7, 11) is 3.98. The van der Waals surface area contributed by atoms with Gasteiger partial charge in [0.25, 0.3) is 5.91 Å². The van der Waals surface area contributed by atoms with Gasteiger partial charge in [-0.3, -0.25) is 9.59 Å². The van der Waals surface area contributed by atoms with Gasteiger partial charge in [-0.05, 0) is 60.7 Å². The van der Waals surface area contributed by atoms with Crippen LogP contribution in [-0.4, -0.2) is 30.8 Å². The maximum atomic E-state index is 13.9. The zero-order valence-electron chi connectivity index (χ0n) is 22.6. The smallest absolute Gasteiger partial charge is 0.254 e. The number of anilines is 2. The lowest BCUT2D eigenvalue weighted by molar-refractivity contribution is -0.117. The van der Waals surface area contributed by atoms with Crippen LogP contribution < -0.4 is 10.2 Å². The predicted molar refractivity (Wildman–Crippen MR) is 149 cm³/mol.